The SMILES string of the molecule is C[C@@H]1CCC(C#N)C(=O)[C@@]1(C)C1OCCO1. The molecule has 0 aromatic rings. The molecule has 4 nitrogen and oxygen atoms in total. The first-order valence-electron chi connectivity index (χ1n) is 5.78. The Labute approximate surface area is 95.5 Å². The van der Waals surface area contributed by atoms with Crippen molar-refractivity contribution in [3.8, 4) is 6.07 Å². The van der Waals surface area contributed by atoms with E-state index in [0.717, 1.165) is 6.42 Å². The van der Waals surface area contributed by atoms with Gasteiger partial charge in [-0.05, 0) is 25.7 Å². The van der Waals surface area contributed by atoms with Gasteiger partial charge in [-0.1, -0.05) is 6.92 Å². The van der Waals surface area contributed by atoms with Crippen LogP contribution in [0.3, 0.4) is 0 Å². The van der Waals surface area contributed by atoms with Gasteiger partial charge in [-0.15, -0.1) is 0 Å². The number of ketones is 1. The van der Waals surface area contributed by atoms with E-state index in [2.05, 4.69) is 6.07 Å². The van der Waals surface area contributed by atoms with Gasteiger partial charge in [-0.2, -0.15) is 5.26 Å². The summed E-state index contributed by atoms with van der Waals surface area (Å²) >= 11 is 0. The Morgan fingerprint density at radius 1 is 1.38 bits per heavy atom. The van der Waals surface area contributed by atoms with Crippen LogP contribution < -0.4 is 0 Å². The summed E-state index contributed by atoms with van der Waals surface area (Å²) in [5, 5.41) is 8.97. The molecular formula is C12H17NO3. The van der Waals surface area contributed by atoms with Crippen molar-refractivity contribution < 1.29 is 14.3 Å². The van der Waals surface area contributed by atoms with Crippen LogP contribution in [-0.4, -0.2) is 25.3 Å². The van der Waals surface area contributed by atoms with Crippen LogP contribution >= 0.6 is 0 Å². The number of rotatable bonds is 1. The summed E-state index contributed by atoms with van der Waals surface area (Å²) in [5.74, 6) is -0.303. The molecule has 1 unspecified atom stereocenters. The zero-order valence-electron chi connectivity index (χ0n) is 9.73. The molecule has 0 spiro atoms. The molecule has 2 rings (SSSR count). The summed E-state index contributed by atoms with van der Waals surface area (Å²) in [4.78, 5) is 12.3. The van der Waals surface area contributed by atoms with Gasteiger partial charge in [-0.3, -0.25) is 4.79 Å². The highest BCUT2D eigenvalue weighted by Gasteiger charge is 2.53. The summed E-state index contributed by atoms with van der Waals surface area (Å²) in [6.07, 6.45) is 1.08. The smallest absolute Gasteiger partial charge is 0.170 e. The molecule has 0 radical (unpaired) electrons. The maximum atomic E-state index is 12.3. The largest absolute Gasteiger partial charge is 0.349 e. The Bertz CT molecular complexity index is 330. The molecule has 0 amide bonds. The average molecular weight is 223 g/mol. The quantitative estimate of drug-likeness (QED) is 0.676. The Kier molecular flexibility index (Phi) is 3.00. The first kappa shape index (κ1) is 11.6. The van der Waals surface area contributed by atoms with E-state index in [0.29, 0.717) is 19.6 Å². The van der Waals surface area contributed by atoms with Crippen LogP contribution in [0, 0.1) is 28.6 Å². The lowest BCUT2D eigenvalue weighted by Crippen LogP contribution is -2.51. The zero-order chi connectivity index (χ0) is 11.8. The number of hydrogen-bond donors (Lipinski definition) is 0. The normalized spacial score (nSPS) is 40.9. The summed E-state index contributed by atoms with van der Waals surface area (Å²) in [6.45, 7) is 4.99. The summed E-state index contributed by atoms with van der Waals surface area (Å²) in [7, 11) is 0. The van der Waals surface area contributed by atoms with Gasteiger partial charge < -0.3 is 9.47 Å². The first-order valence-corrected chi connectivity index (χ1v) is 5.78. The van der Waals surface area contributed by atoms with Crippen LogP contribution in [0.15, 0.2) is 0 Å². The molecule has 0 aromatic carbocycles. The van der Waals surface area contributed by atoms with Crippen LogP contribution in [0.5, 0.6) is 0 Å². The summed E-state index contributed by atoms with van der Waals surface area (Å²) in [5.41, 5.74) is -0.658. The van der Waals surface area contributed by atoms with Crippen molar-refractivity contribution in [3.05, 3.63) is 0 Å². The van der Waals surface area contributed by atoms with Crippen molar-refractivity contribution in [2.75, 3.05) is 13.2 Å². The molecule has 16 heavy (non-hydrogen) atoms. The minimum atomic E-state index is -0.658. The van der Waals surface area contributed by atoms with Gasteiger partial charge in [0.25, 0.3) is 0 Å². The lowest BCUT2D eigenvalue weighted by molar-refractivity contribution is -0.176. The van der Waals surface area contributed by atoms with Gasteiger partial charge in [0.1, 0.15) is 5.92 Å². The third-order valence-electron chi connectivity index (χ3n) is 4.03. The highest BCUT2D eigenvalue weighted by atomic mass is 16.7. The van der Waals surface area contributed by atoms with Crippen LogP contribution in [0.25, 0.3) is 0 Å². The number of nitriles is 1. The van der Waals surface area contributed by atoms with Crippen molar-refractivity contribution in [1.82, 2.24) is 0 Å². The Morgan fingerprint density at radius 2 is 2.00 bits per heavy atom. The predicted octanol–water partition coefficient (Wildman–Crippen LogP) is 1.50. The summed E-state index contributed by atoms with van der Waals surface area (Å²) in [6, 6.07) is 2.09. The number of ether oxygens (including phenoxy) is 2. The number of hydrogen-bond acceptors (Lipinski definition) is 4. The monoisotopic (exact) mass is 223 g/mol. The molecule has 2 aliphatic rings. The van der Waals surface area contributed by atoms with Crippen LogP contribution in [0.1, 0.15) is 26.7 Å². The fourth-order valence-electron chi connectivity index (χ4n) is 2.64. The minimum absolute atomic E-state index is 0.0133. The molecule has 1 aliphatic carbocycles. The fourth-order valence-corrected chi connectivity index (χ4v) is 2.64. The fraction of sp³-hybridized carbons (Fsp3) is 0.833. The summed E-state index contributed by atoms with van der Waals surface area (Å²) < 4.78 is 11.0. The minimum Gasteiger partial charge on any atom is -0.349 e. The van der Waals surface area contributed by atoms with E-state index >= 15 is 0 Å². The van der Waals surface area contributed by atoms with E-state index in [9.17, 15) is 4.79 Å². The molecule has 1 aliphatic heterocycles. The molecule has 2 fully saturated rings. The molecule has 0 N–H and O–H groups in total. The van der Waals surface area contributed by atoms with Gasteiger partial charge in [-0.25, -0.2) is 0 Å². The number of Topliss-reactive ketones (excluding diaryl/α,β-unsaturated/α-hetero) is 1. The van der Waals surface area contributed by atoms with Gasteiger partial charge in [0.2, 0.25) is 0 Å². The van der Waals surface area contributed by atoms with Gasteiger partial charge in [0.05, 0.1) is 24.7 Å². The Balaban J connectivity index is 2.27. The molecule has 1 heterocycles. The molecule has 88 valence electrons. The van der Waals surface area contributed by atoms with Crippen molar-refractivity contribution in [3.63, 3.8) is 0 Å². The Hall–Kier alpha value is -0.920. The number of nitrogens with zero attached hydrogens (tertiary/aromatic N) is 1. The van der Waals surface area contributed by atoms with Crippen molar-refractivity contribution in [1.29, 1.82) is 5.26 Å². The van der Waals surface area contributed by atoms with E-state index in [1.807, 2.05) is 13.8 Å². The van der Waals surface area contributed by atoms with Crippen LogP contribution in [0.4, 0.5) is 0 Å². The average Bonchev–Trinajstić information content (AvgIpc) is 2.80. The molecule has 3 atom stereocenters. The number of carbonyl (C=O) groups is 1. The molecule has 1 saturated carbocycles. The van der Waals surface area contributed by atoms with E-state index in [1.54, 1.807) is 0 Å². The van der Waals surface area contributed by atoms with Crippen molar-refractivity contribution >= 4 is 5.78 Å². The maximum Gasteiger partial charge on any atom is 0.170 e. The van der Waals surface area contributed by atoms with E-state index in [-0.39, 0.29) is 11.7 Å². The third-order valence-corrected chi connectivity index (χ3v) is 4.03. The van der Waals surface area contributed by atoms with E-state index in [4.69, 9.17) is 14.7 Å². The second-order valence-corrected chi connectivity index (χ2v) is 4.88. The third kappa shape index (κ3) is 1.55. The molecule has 4 heteroatoms. The number of carbonyl (C=O) groups excluding carboxylic acids is 1. The van der Waals surface area contributed by atoms with E-state index in [1.165, 1.54) is 0 Å². The maximum absolute atomic E-state index is 12.3. The molecular weight excluding hydrogens is 206 g/mol. The van der Waals surface area contributed by atoms with Gasteiger partial charge >= 0.3 is 0 Å². The standard InChI is InChI=1S/C12H17NO3/c1-8-3-4-9(7-13)10(14)12(8,2)11-15-5-6-16-11/h8-9,11H,3-6H2,1-2H3/t8-,9?,12+/m1/s1. The van der Waals surface area contributed by atoms with Gasteiger partial charge in [0.15, 0.2) is 12.1 Å². The molecule has 0 aromatic heterocycles. The zero-order valence-corrected chi connectivity index (χ0v) is 9.73. The van der Waals surface area contributed by atoms with Crippen molar-refractivity contribution in [2.45, 2.75) is 33.0 Å². The van der Waals surface area contributed by atoms with Crippen molar-refractivity contribution in [2.24, 2.45) is 17.3 Å². The first-order chi connectivity index (χ1) is 7.60. The lowest BCUT2D eigenvalue weighted by Gasteiger charge is -2.42. The van der Waals surface area contributed by atoms with Crippen LogP contribution in [-0.2, 0) is 14.3 Å². The second-order valence-electron chi connectivity index (χ2n) is 4.88. The molecule has 1 saturated heterocycles. The Morgan fingerprint density at radius 3 is 2.56 bits per heavy atom. The lowest BCUT2D eigenvalue weighted by atomic mass is 9.63. The molecule has 0 bridgehead atoms. The van der Waals surface area contributed by atoms with E-state index < -0.39 is 17.6 Å². The highest BCUT2D eigenvalue weighted by Crippen LogP contribution is 2.45. The highest BCUT2D eigenvalue weighted by molar-refractivity contribution is 5.90. The second kappa shape index (κ2) is 4.15. The topological polar surface area (TPSA) is 59.3 Å². The van der Waals surface area contributed by atoms with Gasteiger partial charge in [0, 0.05) is 0 Å². The van der Waals surface area contributed by atoms with Crippen LogP contribution in [0.2, 0.25) is 0 Å². The predicted molar refractivity (Wildman–Crippen MR) is 56.3 cm³/mol.